The van der Waals surface area contributed by atoms with E-state index in [1.807, 2.05) is 0 Å². The minimum Gasteiger partial charge on any atom is -0.323 e. The number of rotatable bonds is 4. The molecule has 0 fully saturated rings. The lowest BCUT2D eigenvalue weighted by Crippen LogP contribution is -2.30. The molecule has 1 atom stereocenters. The Labute approximate surface area is 117 Å². The van der Waals surface area contributed by atoms with Gasteiger partial charge in [0.15, 0.2) is 0 Å². The number of aromatic nitrogens is 2. The zero-order valence-electron chi connectivity index (χ0n) is 10.9. The summed E-state index contributed by atoms with van der Waals surface area (Å²) in [6.07, 6.45) is 0. The van der Waals surface area contributed by atoms with Gasteiger partial charge in [-0.05, 0) is 24.6 Å². The van der Waals surface area contributed by atoms with Gasteiger partial charge < -0.3 is 19.8 Å². The molecule has 21 heavy (non-hydrogen) atoms. The van der Waals surface area contributed by atoms with Crippen molar-refractivity contribution in [1.82, 2.24) is 15.3 Å². The Morgan fingerprint density at radius 1 is 1.29 bits per heavy atom. The van der Waals surface area contributed by atoms with E-state index in [9.17, 15) is 18.5 Å². The maximum Gasteiger partial charge on any atom is 0.342 e. The van der Waals surface area contributed by atoms with Crippen molar-refractivity contribution in [3.8, 4) is 0 Å². The van der Waals surface area contributed by atoms with E-state index in [0.717, 1.165) is 12.1 Å². The van der Waals surface area contributed by atoms with Crippen molar-refractivity contribution in [3.63, 3.8) is 0 Å². The van der Waals surface area contributed by atoms with E-state index in [0.29, 0.717) is 0 Å². The second kappa shape index (κ2) is 5.53. The standard InChI is InChI=1S/C11H13FN3O5P/c1-5(21(18,19)20)13-4-6-2-7(12)3-8-9(6)15-11(17)10(16)14-8/h2-3,5,13H,4H2,1H3,(H,14,16)(H,15,17)(H2,18,19,20)/t5-/m0/s1. The van der Waals surface area contributed by atoms with Crippen molar-refractivity contribution in [2.24, 2.45) is 0 Å². The molecule has 10 heteroatoms. The lowest BCUT2D eigenvalue weighted by molar-refractivity contribution is 0.350. The Kier molecular flexibility index (Phi) is 4.11. The fraction of sp³-hybridized carbons (Fsp3) is 0.273. The number of aromatic amines is 2. The molecule has 0 bridgehead atoms. The summed E-state index contributed by atoms with van der Waals surface area (Å²) in [6.45, 7) is 1.19. The summed E-state index contributed by atoms with van der Waals surface area (Å²) in [6, 6.07) is 2.15. The van der Waals surface area contributed by atoms with Crippen LogP contribution in [-0.4, -0.2) is 25.5 Å². The van der Waals surface area contributed by atoms with Gasteiger partial charge in [0.1, 0.15) is 11.6 Å². The molecule has 0 saturated heterocycles. The number of halogens is 1. The van der Waals surface area contributed by atoms with Crippen LogP contribution in [-0.2, 0) is 11.1 Å². The molecule has 5 N–H and O–H groups in total. The molecule has 0 aliphatic rings. The van der Waals surface area contributed by atoms with Gasteiger partial charge in [-0.2, -0.15) is 0 Å². The molecule has 1 aromatic carbocycles. The van der Waals surface area contributed by atoms with Crippen LogP contribution in [0.3, 0.4) is 0 Å². The van der Waals surface area contributed by atoms with Gasteiger partial charge in [0.2, 0.25) is 0 Å². The Hall–Kier alpha value is -1.80. The predicted octanol–water partition coefficient (Wildman–Crippen LogP) is -0.0312. The van der Waals surface area contributed by atoms with E-state index in [1.165, 1.54) is 6.92 Å². The van der Waals surface area contributed by atoms with Gasteiger partial charge in [-0.25, -0.2) is 4.39 Å². The summed E-state index contributed by atoms with van der Waals surface area (Å²) in [4.78, 5) is 45.1. The highest BCUT2D eigenvalue weighted by Gasteiger charge is 2.23. The SMILES string of the molecule is C[C@@H](NCc1cc(F)cc2[nH]c(=O)c(=O)[nH]c12)P(=O)(O)O. The van der Waals surface area contributed by atoms with E-state index in [2.05, 4.69) is 15.3 Å². The lowest BCUT2D eigenvalue weighted by Gasteiger charge is -2.16. The maximum atomic E-state index is 13.5. The van der Waals surface area contributed by atoms with E-state index in [1.54, 1.807) is 0 Å². The number of benzene rings is 1. The molecule has 0 amide bonds. The number of hydrogen-bond acceptors (Lipinski definition) is 4. The number of nitrogens with one attached hydrogen (secondary N) is 3. The Bertz CT molecular complexity index is 840. The van der Waals surface area contributed by atoms with Crippen molar-refractivity contribution in [1.29, 1.82) is 0 Å². The van der Waals surface area contributed by atoms with Gasteiger partial charge in [0.05, 0.1) is 11.0 Å². The minimum atomic E-state index is -4.32. The van der Waals surface area contributed by atoms with Crippen LogP contribution in [0.4, 0.5) is 4.39 Å². The van der Waals surface area contributed by atoms with E-state index < -0.39 is 30.3 Å². The molecule has 2 aromatic rings. The van der Waals surface area contributed by atoms with Crippen LogP contribution >= 0.6 is 7.60 Å². The van der Waals surface area contributed by atoms with Crippen LogP contribution in [0.15, 0.2) is 21.7 Å². The molecule has 0 saturated carbocycles. The predicted molar refractivity (Wildman–Crippen MR) is 73.5 cm³/mol. The third-order valence-electron chi connectivity index (χ3n) is 2.97. The second-order valence-corrected chi connectivity index (χ2v) is 6.49. The van der Waals surface area contributed by atoms with Gasteiger partial charge in [-0.3, -0.25) is 19.5 Å². The van der Waals surface area contributed by atoms with Crippen LogP contribution in [0.2, 0.25) is 0 Å². The van der Waals surface area contributed by atoms with Crippen molar-refractivity contribution < 1.29 is 18.7 Å². The quantitative estimate of drug-likeness (QED) is 0.397. The zero-order valence-corrected chi connectivity index (χ0v) is 11.8. The Balaban J connectivity index is 2.44. The van der Waals surface area contributed by atoms with Crippen LogP contribution in [0.25, 0.3) is 11.0 Å². The lowest BCUT2D eigenvalue weighted by atomic mass is 10.1. The molecular weight excluding hydrogens is 304 g/mol. The number of fused-ring (bicyclic) bond motifs is 1. The Morgan fingerprint density at radius 3 is 2.52 bits per heavy atom. The molecule has 0 aliphatic heterocycles. The molecular formula is C11H13FN3O5P. The van der Waals surface area contributed by atoms with Crippen molar-refractivity contribution in [2.75, 3.05) is 0 Å². The van der Waals surface area contributed by atoms with E-state index >= 15 is 0 Å². The molecule has 1 heterocycles. The van der Waals surface area contributed by atoms with Crippen molar-refractivity contribution in [3.05, 3.63) is 44.2 Å². The Morgan fingerprint density at radius 2 is 1.90 bits per heavy atom. The van der Waals surface area contributed by atoms with Gasteiger partial charge in [-0.15, -0.1) is 0 Å². The highest BCUT2D eigenvalue weighted by molar-refractivity contribution is 7.52. The summed E-state index contributed by atoms with van der Waals surface area (Å²) in [5.74, 6) is -1.78. The van der Waals surface area contributed by atoms with Gasteiger partial charge in [0, 0.05) is 6.54 Å². The summed E-state index contributed by atoms with van der Waals surface area (Å²) in [5, 5.41) is 2.55. The molecule has 1 aromatic heterocycles. The fourth-order valence-corrected chi connectivity index (χ4v) is 2.10. The largest absolute Gasteiger partial charge is 0.342 e. The third kappa shape index (κ3) is 3.45. The average molecular weight is 317 g/mol. The smallest absolute Gasteiger partial charge is 0.323 e. The normalized spacial score (nSPS) is 13.5. The molecule has 0 unspecified atom stereocenters. The third-order valence-corrected chi connectivity index (χ3v) is 4.16. The number of hydrogen-bond donors (Lipinski definition) is 5. The molecule has 0 radical (unpaired) electrons. The summed E-state index contributed by atoms with van der Waals surface area (Å²) in [7, 11) is -4.32. The first-order valence-corrected chi connectivity index (χ1v) is 7.60. The summed E-state index contributed by atoms with van der Waals surface area (Å²) in [5.41, 5.74) is -1.24. The van der Waals surface area contributed by atoms with Gasteiger partial charge in [-0.1, -0.05) is 0 Å². The van der Waals surface area contributed by atoms with Crippen molar-refractivity contribution in [2.45, 2.75) is 19.3 Å². The van der Waals surface area contributed by atoms with Crippen LogP contribution < -0.4 is 16.4 Å². The average Bonchev–Trinajstić information content (AvgIpc) is 2.36. The molecule has 2 rings (SSSR count). The first-order chi connectivity index (χ1) is 9.68. The fourth-order valence-electron chi connectivity index (χ4n) is 1.77. The first kappa shape index (κ1) is 15.6. The van der Waals surface area contributed by atoms with Crippen molar-refractivity contribution >= 4 is 18.6 Å². The molecule has 0 aliphatic carbocycles. The van der Waals surface area contributed by atoms with Crippen LogP contribution in [0, 0.1) is 5.82 Å². The number of H-pyrrole nitrogens is 2. The summed E-state index contributed by atoms with van der Waals surface area (Å²) >= 11 is 0. The summed E-state index contributed by atoms with van der Waals surface area (Å²) < 4.78 is 24.5. The van der Waals surface area contributed by atoms with Crippen LogP contribution in [0.1, 0.15) is 12.5 Å². The van der Waals surface area contributed by atoms with Crippen LogP contribution in [0.5, 0.6) is 0 Å². The van der Waals surface area contributed by atoms with E-state index in [4.69, 9.17) is 9.79 Å². The minimum absolute atomic E-state index is 0.0947. The van der Waals surface area contributed by atoms with E-state index in [-0.39, 0.29) is 23.1 Å². The van der Waals surface area contributed by atoms with Gasteiger partial charge >= 0.3 is 18.7 Å². The maximum absolute atomic E-state index is 13.5. The monoisotopic (exact) mass is 317 g/mol. The molecule has 114 valence electrons. The molecule has 8 nitrogen and oxygen atoms in total. The molecule has 0 spiro atoms. The zero-order chi connectivity index (χ0) is 15.8. The van der Waals surface area contributed by atoms with Gasteiger partial charge in [0.25, 0.3) is 0 Å². The highest BCUT2D eigenvalue weighted by atomic mass is 31.2. The topological polar surface area (TPSA) is 135 Å². The highest BCUT2D eigenvalue weighted by Crippen LogP contribution is 2.39. The first-order valence-electron chi connectivity index (χ1n) is 5.92. The second-order valence-electron chi connectivity index (χ2n) is 4.54.